The normalized spacial score (nSPS) is 15.1. The van der Waals surface area contributed by atoms with Crippen LogP contribution >= 0.6 is 11.8 Å². The molecule has 0 amide bonds. The minimum Gasteiger partial charge on any atom is -0.355 e. The van der Waals surface area contributed by atoms with Crippen molar-refractivity contribution in [3.63, 3.8) is 0 Å². The van der Waals surface area contributed by atoms with E-state index >= 15 is 0 Å². The molecule has 2 aliphatic rings. The van der Waals surface area contributed by atoms with Gasteiger partial charge in [0.15, 0.2) is 0 Å². The molecular formula is C26H23N3S. The van der Waals surface area contributed by atoms with Gasteiger partial charge in [-0.1, -0.05) is 48.5 Å². The Hall–Kier alpha value is -3.37. The van der Waals surface area contributed by atoms with Crippen molar-refractivity contribution in [1.29, 1.82) is 0 Å². The van der Waals surface area contributed by atoms with E-state index in [9.17, 15) is 0 Å². The number of rotatable bonds is 5. The Morgan fingerprint density at radius 3 is 2.37 bits per heavy atom. The molecule has 2 N–H and O–H groups in total. The van der Waals surface area contributed by atoms with Crippen LogP contribution in [0.4, 0.5) is 17.1 Å². The van der Waals surface area contributed by atoms with Gasteiger partial charge in [0.05, 0.1) is 11.4 Å². The summed E-state index contributed by atoms with van der Waals surface area (Å²) in [7, 11) is 0. The molecule has 0 atom stereocenters. The second-order valence-corrected chi connectivity index (χ2v) is 8.42. The average molecular weight is 410 g/mol. The number of benzene rings is 3. The summed E-state index contributed by atoms with van der Waals surface area (Å²) in [6, 6.07) is 27.3. The van der Waals surface area contributed by atoms with Gasteiger partial charge in [0.1, 0.15) is 0 Å². The number of hydrogen-bond donors (Lipinski definition) is 2. The van der Waals surface area contributed by atoms with E-state index < -0.39 is 0 Å². The molecule has 3 aromatic carbocycles. The molecule has 0 saturated heterocycles. The first-order valence-corrected chi connectivity index (χ1v) is 11.1. The van der Waals surface area contributed by atoms with Crippen molar-refractivity contribution in [1.82, 2.24) is 5.01 Å². The predicted octanol–water partition coefficient (Wildman–Crippen LogP) is 6.94. The average Bonchev–Trinajstić information content (AvgIpc) is 3.26. The zero-order valence-corrected chi connectivity index (χ0v) is 17.6. The first-order chi connectivity index (χ1) is 14.8. The molecule has 0 fully saturated rings. The highest BCUT2D eigenvalue weighted by molar-refractivity contribution is 8.03. The molecule has 0 aliphatic carbocycles. The molecule has 2 heterocycles. The smallest absolute Gasteiger partial charge is 0.0728 e. The van der Waals surface area contributed by atoms with Crippen molar-refractivity contribution in [3.05, 3.63) is 119 Å². The quantitative estimate of drug-likeness (QED) is 0.477. The third kappa shape index (κ3) is 3.87. The van der Waals surface area contributed by atoms with Crippen LogP contribution in [0.15, 0.2) is 108 Å². The van der Waals surface area contributed by atoms with Gasteiger partial charge in [-0.05, 0) is 60.5 Å². The predicted molar refractivity (Wildman–Crippen MR) is 129 cm³/mol. The Morgan fingerprint density at radius 1 is 0.833 bits per heavy atom. The van der Waals surface area contributed by atoms with Crippen LogP contribution in [0, 0.1) is 6.92 Å². The Balaban J connectivity index is 1.36. The molecule has 0 bridgehead atoms. The third-order valence-corrected chi connectivity index (χ3v) is 6.22. The SMILES string of the molecule is Cc1ccccc1Nc1ccc(NN2C=C(c3ccccc3)C=C3SCC=C32)cc1. The van der Waals surface area contributed by atoms with Crippen LogP contribution in [0.5, 0.6) is 0 Å². The van der Waals surface area contributed by atoms with Crippen LogP contribution in [0.2, 0.25) is 0 Å². The van der Waals surface area contributed by atoms with Gasteiger partial charge in [-0.3, -0.25) is 10.4 Å². The standard InChI is InChI=1S/C26H23N3S/c1-19-7-5-6-10-24(19)27-22-11-13-23(14-12-22)28-29-18-21(20-8-3-2-4-9-20)17-26-25(29)15-16-30-26/h2-15,17-18,27-28H,16H2,1H3. The number of hydrazine groups is 1. The minimum atomic E-state index is 1.01. The summed E-state index contributed by atoms with van der Waals surface area (Å²) in [6.07, 6.45) is 6.73. The summed E-state index contributed by atoms with van der Waals surface area (Å²) < 4.78 is 0. The molecule has 0 saturated carbocycles. The van der Waals surface area contributed by atoms with Crippen LogP contribution in [0.1, 0.15) is 11.1 Å². The van der Waals surface area contributed by atoms with Crippen molar-refractivity contribution in [2.24, 2.45) is 0 Å². The van der Waals surface area contributed by atoms with Gasteiger partial charge in [-0.25, -0.2) is 0 Å². The summed E-state index contributed by atoms with van der Waals surface area (Å²) in [5, 5.41) is 5.63. The van der Waals surface area contributed by atoms with Crippen molar-refractivity contribution < 1.29 is 0 Å². The third-order valence-electron chi connectivity index (χ3n) is 5.25. The lowest BCUT2D eigenvalue weighted by Crippen LogP contribution is -2.25. The molecule has 3 aromatic rings. The van der Waals surface area contributed by atoms with Crippen molar-refractivity contribution in [2.75, 3.05) is 16.5 Å². The highest BCUT2D eigenvalue weighted by Gasteiger charge is 2.23. The Labute approximate surface area is 181 Å². The van der Waals surface area contributed by atoms with E-state index in [2.05, 4.69) is 120 Å². The van der Waals surface area contributed by atoms with E-state index in [1.165, 1.54) is 27.3 Å². The molecule has 3 nitrogen and oxygen atoms in total. The lowest BCUT2D eigenvalue weighted by molar-refractivity contribution is 0.572. The van der Waals surface area contributed by atoms with E-state index in [-0.39, 0.29) is 0 Å². The monoisotopic (exact) mass is 409 g/mol. The fraction of sp³-hybridized carbons (Fsp3) is 0.0769. The van der Waals surface area contributed by atoms with Gasteiger partial charge in [-0.15, -0.1) is 11.8 Å². The number of anilines is 3. The second kappa shape index (κ2) is 8.17. The minimum absolute atomic E-state index is 1.01. The number of para-hydroxylation sites is 1. The molecule has 5 rings (SSSR count). The van der Waals surface area contributed by atoms with Crippen molar-refractivity contribution in [3.8, 4) is 0 Å². The fourth-order valence-corrected chi connectivity index (χ4v) is 4.58. The van der Waals surface area contributed by atoms with Crippen LogP contribution in [-0.2, 0) is 0 Å². The molecule has 30 heavy (non-hydrogen) atoms. The highest BCUT2D eigenvalue weighted by atomic mass is 32.2. The largest absolute Gasteiger partial charge is 0.355 e. The lowest BCUT2D eigenvalue weighted by Gasteiger charge is -2.29. The molecule has 0 unspecified atom stereocenters. The summed E-state index contributed by atoms with van der Waals surface area (Å²) in [5.74, 6) is 1.01. The van der Waals surface area contributed by atoms with E-state index in [1.807, 2.05) is 11.8 Å². The summed E-state index contributed by atoms with van der Waals surface area (Å²) in [6.45, 7) is 2.11. The molecular weight excluding hydrogens is 386 g/mol. The van der Waals surface area contributed by atoms with Gasteiger partial charge >= 0.3 is 0 Å². The van der Waals surface area contributed by atoms with Gasteiger partial charge in [0.25, 0.3) is 0 Å². The second-order valence-electron chi connectivity index (χ2n) is 7.36. The molecule has 0 spiro atoms. The van der Waals surface area contributed by atoms with Crippen LogP contribution in [-0.4, -0.2) is 10.8 Å². The number of nitrogens with one attached hydrogen (secondary N) is 2. The van der Waals surface area contributed by atoms with E-state index in [0.29, 0.717) is 0 Å². The van der Waals surface area contributed by atoms with Crippen molar-refractivity contribution in [2.45, 2.75) is 6.92 Å². The van der Waals surface area contributed by atoms with Gasteiger partial charge in [0.2, 0.25) is 0 Å². The van der Waals surface area contributed by atoms with Gasteiger partial charge < -0.3 is 5.32 Å². The number of allylic oxidation sites excluding steroid dienone is 2. The van der Waals surface area contributed by atoms with Gasteiger partial charge in [0, 0.05) is 33.8 Å². The first kappa shape index (κ1) is 18.6. The van der Waals surface area contributed by atoms with Crippen molar-refractivity contribution >= 4 is 34.4 Å². The van der Waals surface area contributed by atoms with Gasteiger partial charge in [-0.2, -0.15) is 0 Å². The highest BCUT2D eigenvalue weighted by Crippen LogP contribution is 2.40. The topological polar surface area (TPSA) is 27.3 Å². The maximum Gasteiger partial charge on any atom is 0.0728 e. The fourth-order valence-electron chi connectivity index (χ4n) is 3.62. The number of hydrogen-bond acceptors (Lipinski definition) is 4. The summed E-state index contributed by atoms with van der Waals surface area (Å²) >= 11 is 1.88. The van der Waals surface area contributed by atoms with E-state index in [4.69, 9.17) is 0 Å². The van der Waals surface area contributed by atoms with Crippen LogP contribution < -0.4 is 10.7 Å². The summed E-state index contributed by atoms with van der Waals surface area (Å²) in [4.78, 5) is 1.31. The zero-order valence-electron chi connectivity index (χ0n) is 16.8. The van der Waals surface area contributed by atoms with E-state index in [1.54, 1.807) is 0 Å². The molecule has 4 heteroatoms. The number of aryl methyl sites for hydroxylation is 1. The molecule has 0 radical (unpaired) electrons. The first-order valence-electron chi connectivity index (χ1n) is 10.1. The Morgan fingerprint density at radius 2 is 1.57 bits per heavy atom. The Kier molecular flexibility index (Phi) is 5.08. The number of thioether (sulfide) groups is 1. The van der Waals surface area contributed by atoms with Crippen LogP contribution in [0.25, 0.3) is 5.57 Å². The molecule has 2 aliphatic heterocycles. The molecule has 148 valence electrons. The number of nitrogens with zero attached hydrogens (tertiary/aromatic N) is 1. The van der Waals surface area contributed by atoms with Crippen LogP contribution in [0.3, 0.4) is 0 Å². The maximum atomic E-state index is 3.56. The maximum absolute atomic E-state index is 3.56. The Bertz CT molecular complexity index is 1140. The number of fused-ring (bicyclic) bond motifs is 1. The summed E-state index contributed by atoms with van der Waals surface area (Å²) in [5.41, 5.74) is 11.7. The molecule has 0 aromatic heterocycles. The zero-order chi connectivity index (χ0) is 20.3. The lowest BCUT2D eigenvalue weighted by atomic mass is 10.0. The van der Waals surface area contributed by atoms with E-state index in [0.717, 1.165) is 22.8 Å².